The SMILES string of the molecule is CC(=N)C[C@H](C)c1ccccc1S(=O)[O-]. The maximum absolute atomic E-state index is 11.0. The van der Waals surface area contributed by atoms with E-state index >= 15 is 0 Å². The van der Waals surface area contributed by atoms with Crippen LogP contribution in [0.15, 0.2) is 29.2 Å². The van der Waals surface area contributed by atoms with Gasteiger partial charge in [-0.2, -0.15) is 0 Å². The molecule has 1 rings (SSSR count). The Morgan fingerprint density at radius 3 is 2.67 bits per heavy atom. The summed E-state index contributed by atoms with van der Waals surface area (Å²) >= 11 is -2.20. The van der Waals surface area contributed by atoms with Crippen LogP contribution < -0.4 is 0 Å². The Morgan fingerprint density at radius 2 is 2.13 bits per heavy atom. The lowest BCUT2D eigenvalue weighted by molar-refractivity contribution is 0.535. The number of rotatable bonds is 4. The van der Waals surface area contributed by atoms with E-state index in [-0.39, 0.29) is 5.92 Å². The molecule has 0 heterocycles. The highest BCUT2D eigenvalue weighted by molar-refractivity contribution is 7.79. The highest BCUT2D eigenvalue weighted by Gasteiger charge is 2.11. The topological polar surface area (TPSA) is 64.0 Å². The molecule has 0 spiro atoms. The van der Waals surface area contributed by atoms with Gasteiger partial charge in [0.25, 0.3) is 0 Å². The minimum absolute atomic E-state index is 0.0663. The molecule has 0 saturated carbocycles. The van der Waals surface area contributed by atoms with Crippen molar-refractivity contribution in [3.63, 3.8) is 0 Å². The van der Waals surface area contributed by atoms with Gasteiger partial charge in [-0.1, -0.05) is 25.1 Å². The normalized spacial score (nSPS) is 14.6. The largest absolute Gasteiger partial charge is 0.768 e. The molecular weight excluding hydrogens is 210 g/mol. The summed E-state index contributed by atoms with van der Waals surface area (Å²) in [6, 6.07) is 6.92. The Hall–Kier alpha value is -1.00. The van der Waals surface area contributed by atoms with E-state index in [1.54, 1.807) is 25.1 Å². The first-order chi connectivity index (χ1) is 7.02. The summed E-state index contributed by atoms with van der Waals surface area (Å²) in [6.07, 6.45) is 0.591. The first kappa shape index (κ1) is 12.1. The van der Waals surface area contributed by atoms with Gasteiger partial charge in [0.15, 0.2) is 0 Å². The van der Waals surface area contributed by atoms with E-state index in [0.717, 1.165) is 5.56 Å². The van der Waals surface area contributed by atoms with Gasteiger partial charge in [-0.05, 0) is 42.0 Å². The molecule has 0 saturated heterocycles. The first-order valence-electron chi connectivity index (χ1n) is 4.74. The van der Waals surface area contributed by atoms with Gasteiger partial charge in [0.05, 0.1) is 0 Å². The molecule has 0 aliphatic heterocycles. The van der Waals surface area contributed by atoms with Crippen molar-refractivity contribution in [3.8, 4) is 0 Å². The fourth-order valence-electron chi connectivity index (χ4n) is 1.61. The van der Waals surface area contributed by atoms with E-state index < -0.39 is 11.1 Å². The molecule has 0 fully saturated rings. The zero-order valence-corrected chi connectivity index (χ0v) is 9.64. The van der Waals surface area contributed by atoms with E-state index in [1.807, 2.05) is 13.0 Å². The molecule has 2 atom stereocenters. The molecule has 82 valence electrons. The first-order valence-corrected chi connectivity index (χ1v) is 5.82. The maximum atomic E-state index is 11.0. The Bertz CT molecular complexity index is 390. The molecule has 4 heteroatoms. The van der Waals surface area contributed by atoms with Crippen LogP contribution in [-0.2, 0) is 11.1 Å². The number of hydrogen-bond donors (Lipinski definition) is 1. The van der Waals surface area contributed by atoms with Crippen LogP contribution in [-0.4, -0.2) is 14.5 Å². The van der Waals surface area contributed by atoms with Crippen molar-refractivity contribution in [1.82, 2.24) is 0 Å². The molecule has 1 N–H and O–H groups in total. The van der Waals surface area contributed by atoms with Crippen molar-refractivity contribution in [1.29, 1.82) is 5.41 Å². The lowest BCUT2D eigenvalue weighted by Crippen LogP contribution is -2.04. The summed E-state index contributed by atoms with van der Waals surface area (Å²) in [5, 5.41) is 7.40. The van der Waals surface area contributed by atoms with Crippen LogP contribution in [0.2, 0.25) is 0 Å². The fraction of sp³-hybridized carbons (Fsp3) is 0.364. The average molecular weight is 224 g/mol. The number of benzene rings is 1. The second-order valence-electron chi connectivity index (χ2n) is 3.66. The predicted molar refractivity (Wildman–Crippen MR) is 60.1 cm³/mol. The van der Waals surface area contributed by atoms with Crippen molar-refractivity contribution in [2.75, 3.05) is 0 Å². The summed E-state index contributed by atoms with van der Waals surface area (Å²) in [5.74, 6) is 0.0663. The van der Waals surface area contributed by atoms with Gasteiger partial charge in [0, 0.05) is 10.6 Å². The lowest BCUT2D eigenvalue weighted by atomic mass is 9.96. The third-order valence-electron chi connectivity index (χ3n) is 2.24. The van der Waals surface area contributed by atoms with Gasteiger partial charge >= 0.3 is 0 Å². The molecule has 1 aromatic rings. The van der Waals surface area contributed by atoms with Crippen LogP contribution in [0.5, 0.6) is 0 Å². The van der Waals surface area contributed by atoms with Gasteiger partial charge in [0.2, 0.25) is 0 Å². The van der Waals surface area contributed by atoms with Gasteiger partial charge in [0.1, 0.15) is 0 Å². The highest BCUT2D eigenvalue weighted by atomic mass is 32.2. The van der Waals surface area contributed by atoms with Crippen LogP contribution in [0.1, 0.15) is 31.7 Å². The molecule has 0 amide bonds. The summed E-state index contributed by atoms with van der Waals surface area (Å²) in [6.45, 7) is 3.66. The van der Waals surface area contributed by atoms with Crippen molar-refractivity contribution in [2.24, 2.45) is 0 Å². The average Bonchev–Trinajstić information content (AvgIpc) is 2.16. The summed E-state index contributed by atoms with van der Waals surface area (Å²) in [5.41, 5.74) is 1.35. The third kappa shape index (κ3) is 3.25. The Kier molecular flexibility index (Phi) is 4.17. The molecule has 15 heavy (non-hydrogen) atoms. The summed E-state index contributed by atoms with van der Waals surface area (Å²) in [4.78, 5) is 0.339. The fourth-order valence-corrected chi connectivity index (χ4v) is 2.26. The van der Waals surface area contributed by atoms with E-state index in [9.17, 15) is 8.76 Å². The van der Waals surface area contributed by atoms with Crippen molar-refractivity contribution < 1.29 is 8.76 Å². The minimum atomic E-state index is -2.20. The van der Waals surface area contributed by atoms with E-state index in [2.05, 4.69) is 0 Å². The van der Waals surface area contributed by atoms with Gasteiger partial charge < -0.3 is 9.96 Å². The molecule has 0 aliphatic rings. The quantitative estimate of drug-likeness (QED) is 0.630. The Balaban J connectivity index is 3.02. The summed E-state index contributed by atoms with van der Waals surface area (Å²) < 4.78 is 21.9. The second-order valence-corrected chi connectivity index (χ2v) is 4.57. The van der Waals surface area contributed by atoms with E-state index in [4.69, 9.17) is 5.41 Å². The summed E-state index contributed by atoms with van der Waals surface area (Å²) in [7, 11) is 0. The standard InChI is InChI=1S/C11H15NO2S/c1-8(7-9(2)12)10-5-3-4-6-11(10)15(13)14/h3-6,8,12H,7H2,1-2H3,(H,13,14)/p-1/t8-/m0/s1. The van der Waals surface area contributed by atoms with Crippen molar-refractivity contribution in [2.45, 2.75) is 31.1 Å². The zero-order valence-electron chi connectivity index (χ0n) is 8.82. The number of hydrogen-bond acceptors (Lipinski definition) is 3. The van der Waals surface area contributed by atoms with Gasteiger partial charge in [-0.15, -0.1) is 0 Å². The van der Waals surface area contributed by atoms with Crippen LogP contribution in [0, 0.1) is 5.41 Å². The molecule has 0 aromatic heterocycles. The van der Waals surface area contributed by atoms with Crippen molar-refractivity contribution >= 4 is 16.8 Å². The smallest absolute Gasteiger partial charge is 0.0283 e. The monoisotopic (exact) mass is 224 g/mol. The van der Waals surface area contributed by atoms with Gasteiger partial charge in [-0.25, -0.2) is 0 Å². The second kappa shape index (κ2) is 5.19. The van der Waals surface area contributed by atoms with Crippen molar-refractivity contribution in [3.05, 3.63) is 29.8 Å². The molecule has 0 aliphatic carbocycles. The Labute approximate surface area is 92.3 Å². The van der Waals surface area contributed by atoms with Crippen LogP contribution >= 0.6 is 0 Å². The molecule has 1 aromatic carbocycles. The van der Waals surface area contributed by atoms with Crippen LogP contribution in [0.3, 0.4) is 0 Å². The van der Waals surface area contributed by atoms with E-state index in [0.29, 0.717) is 17.0 Å². The highest BCUT2D eigenvalue weighted by Crippen LogP contribution is 2.24. The van der Waals surface area contributed by atoms with E-state index in [1.165, 1.54) is 0 Å². The molecular formula is C11H14NO2S-. The van der Waals surface area contributed by atoms with Crippen LogP contribution in [0.25, 0.3) is 0 Å². The molecule has 0 bridgehead atoms. The Morgan fingerprint density at radius 1 is 1.53 bits per heavy atom. The van der Waals surface area contributed by atoms with Crippen LogP contribution in [0.4, 0.5) is 0 Å². The zero-order chi connectivity index (χ0) is 11.4. The minimum Gasteiger partial charge on any atom is -0.768 e. The molecule has 0 radical (unpaired) electrons. The maximum Gasteiger partial charge on any atom is 0.0283 e. The lowest BCUT2D eigenvalue weighted by Gasteiger charge is -2.17. The number of nitrogens with one attached hydrogen (secondary N) is 1. The molecule has 1 unspecified atom stereocenters. The van der Waals surface area contributed by atoms with Gasteiger partial charge in [-0.3, -0.25) is 4.21 Å². The molecule has 3 nitrogen and oxygen atoms in total. The predicted octanol–water partition coefficient (Wildman–Crippen LogP) is 2.46. The third-order valence-corrected chi connectivity index (χ3v) is 2.97.